The lowest BCUT2D eigenvalue weighted by molar-refractivity contribution is 0.112. The maximum Gasteiger partial charge on any atom is 0.319 e. The maximum atomic E-state index is 11.8. The van der Waals surface area contributed by atoms with Crippen molar-refractivity contribution in [3.05, 3.63) is 18.3 Å². The predicted octanol–water partition coefficient (Wildman–Crippen LogP) is 1.78. The van der Waals surface area contributed by atoms with E-state index in [1.807, 2.05) is 6.92 Å². The van der Waals surface area contributed by atoms with Crippen molar-refractivity contribution in [2.24, 2.45) is 0 Å². The summed E-state index contributed by atoms with van der Waals surface area (Å²) in [5.74, 6) is 0.428. The van der Waals surface area contributed by atoms with E-state index in [0.29, 0.717) is 24.7 Å². The first-order valence-corrected chi connectivity index (χ1v) is 6.54. The lowest BCUT2D eigenvalue weighted by Crippen LogP contribution is -2.35. The molecule has 0 aromatic carbocycles. The molecule has 0 bridgehead atoms. The van der Waals surface area contributed by atoms with Crippen LogP contribution in [0.2, 0.25) is 0 Å². The second kappa shape index (κ2) is 6.94. The minimum atomic E-state index is -0.274. The highest BCUT2D eigenvalue weighted by molar-refractivity contribution is 5.90. The standard InChI is InChI=1S/C13H19N3O3/c1-2-18-12-11(6-3-7-14-12)16-13(17)15-9-10-5-4-8-19-10/h3,6-7,10H,2,4-5,8-9H2,1H3,(H2,15,16,17)/t10-/m1/s1. The van der Waals surface area contributed by atoms with Crippen molar-refractivity contribution >= 4 is 11.7 Å². The van der Waals surface area contributed by atoms with Crippen LogP contribution in [0.15, 0.2) is 18.3 Å². The molecular formula is C13H19N3O3. The fourth-order valence-electron chi connectivity index (χ4n) is 1.92. The molecule has 0 aliphatic carbocycles. The Balaban J connectivity index is 1.83. The predicted molar refractivity (Wildman–Crippen MR) is 71.4 cm³/mol. The highest BCUT2D eigenvalue weighted by Crippen LogP contribution is 2.20. The molecule has 1 aromatic rings. The number of hydrogen-bond donors (Lipinski definition) is 2. The third kappa shape index (κ3) is 4.10. The molecule has 1 atom stereocenters. The molecule has 0 spiro atoms. The zero-order valence-electron chi connectivity index (χ0n) is 11.0. The summed E-state index contributed by atoms with van der Waals surface area (Å²) < 4.78 is 10.8. The molecule has 2 rings (SSSR count). The lowest BCUT2D eigenvalue weighted by Gasteiger charge is -2.13. The molecule has 19 heavy (non-hydrogen) atoms. The van der Waals surface area contributed by atoms with E-state index >= 15 is 0 Å². The number of amides is 2. The maximum absolute atomic E-state index is 11.8. The topological polar surface area (TPSA) is 72.5 Å². The van der Waals surface area contributed by atoms with Crippen LogP contribution in [0.4, 0.5) is 10.5 Å². The van der Waals surface area contributed by atoms with E-state index < -0.39 is 0 Å². The Hall–Kier alpha value is -1.82. The van der Waals surface area contributed by atoms with Crippen molar-refractivity contribution in [3.63, 3.8) is 0 Å². The Bertz CT molecular complexity index is 419. The Morgan fingerprint density at radius 1 is 1.63 bits per heavy atom. The molecule has 1 aliphatic heterocycles. The largest absolute Gasteiger partial charge is 0.476 e. The molecule has 2 N–H and O–H groups in total. The van der Waals surface area contributed by atoms with Gasteiger partial charge in [-0.1, -0.05) is 0 Å². The van der Waals surface area contributed by atoms with E-state index in [1.165, 1.54) is 0 Å². The first-order valence-electron chi connectivity index (χ1n) is 6.54. The van der Waals surface area contributed by atoms with Gasteiger partial charge in [-0.2, -0.15) is 0 Å². The molecule has 1 saturated heterocycles. The first-order chi connectivity index (χ1) is 9.29. The molecule has 2 amide bonds. The fraction of sp³-hybridized carbons (Fsp3) is 0.538. The van der Waals surface area contributed by atoms with E-state index in [0.717, 1.165) is 19.4 Å². The second-order valence-electron chi connectivity index (χ2n) is 4.26. The van der Waals surface area contributed by atoms with Crippen LogP contribution in [0.25, 0.3) is 0 Å². The van der Waals surface area contributed by atoms with E-state index in [9.17, 15) is 4.79 Å². The Labute approximate surface area is 112 Å². The zero-order valence-corrected chi connectivity index (χ0v) is 11.0. The summed E-state index contributed by atoms with van der Waals surface area (Å²) in [5, 5.41) is 5.51. The highest BCUT2D eigenvalue weighted by Gasteiger charge is 2.16. The van der Waals surface area contributed by atoms with Crippen molar-refractivity contribution in [1.82, 2.24) is 10.3 Å². The number of urea groups is 1. The van der Waals surface area contributed by atoms with Gasteiger partial charge >= 0.3 is 6.03 Å². The molecule has 1 aliphatic rings. The van der Waals surface area contributed by atoms with Crippen molar-refractivity contribution < 1.29 is 14.3 Å². The van der Waals surface area contributed by atoms with Crippen molar-refractivity contribution in [3.8, 4) is 5.88 Å². The van der Waals surface area contributed by atoms with Gasteiger partial charge in [-0.15, -0.1) is 0 Å². The summed E-state index contributed by atoms with van der Waals surface area (Å²) in [6.07, 6.45) is 3.81. The van der Waals surface area contributed by atoms with Crippen LogP contribution in [-0.2, 0) is 4.74 Å². The van der Waals surface area contributed by atoms with Gasteiger partial charge in [0.1, 0.15) is 5.69 Å². The molecular weight excluding hydrogens is 246 g/mol. The normalized spacial score (nSPS) is 18.1. The smallest absolute Gasteiger partial charge is 0.319 e. The second-order valence-corrected chi connectivity index (χ2v) is 4.26. The number of carbonyl (C=O) groups is 1. The number of ether oxygens (including phenoxy) is 2. The highest BCUT2D eigenvalue weighted by atomic mass is 16.5. The van der Waals surface area contributed by atoms with Gasteiger partial charge in [0.2, 0.25) is 5.88 Å². The Kier molecular flexibility index (Phi) is 4.97. The summed E-state index contributed by atoms with van der Waals surface area (Å²) in [6, 6.07) is 3.23. The average Bonchev–Trinajstić information content (AvgIpc) is 2.92. The number of anilines is 1. The summed E-state index contributed by atoms with van der Waals surface area (Å²) in [5.41, 5.74) is 0.564. The van der Waals surface area contributed by atoms with Gasteiger partial charge in [0.05, 0.1) is 12.7 Å². The monoisotopic (exact) mass is 265 g/mol. The van der Waals surface area contributed by atoms with Crippen LogP contribution < -0.4 is 15.4 Å². The third-order valence-corrected chi connectivity index (χ3v) is 2.81. The summed E-state index contributed by atoms with van der Waals surface area (Å²) in [6.45, 7) is 3.68. The van der Waals surface area contributed by atoms with Crippen LogP contribution >= 0.6 is 0 Å². The molecule has 6 nitrogen and oxygen atoms in total. The molecule has 2 heterocycles. The van der Waals surface area contributed by atoms with Gasteiger partial charge in [0.25, 0.3) is 0 Å². The summed E-state index contributed by atoms with van der Waals surface area (Å²) >= 11 is 0. The molecule has 0 radical (unpaired) electrons. The zero-order chi connectivity index (χ0) is 13.5. The number of pyridine rings is 1. The van der Waals surface area contributed by atoms with Crippen LogP contribution in [0.1, 0.15) is 19.8 Å². The third-order valence-electron chi connectivity index (χ3n) is 2.81. The molecule has 1 aromatic heterocycles. The quantitative estimate of drug-likeness (QED) is 0.851. The van der Waals surface area contributed by atoms with Gasteiger partial charge in [-0.3, -0.25) is 0 Å². The Morgan fingerprint density at radius 2 is 2.53 bits per heavy atom. The van der Waals surface area contributed by atoms with E-state index in [1.54, 1.807) is 18.3 Å². The summed E-state index contributed by atoms with van der Waals surface area (Å²) in [4.78, 5) is 15.8. The van der Waals surface area contributed by atoms with Crippen molar-refractivity contribution in [1.29, 1.82) is 0 Å². The van der Waals surface area contributed by atoms with E-state index in [4.69, 9.17) is 9.47 Å². The summed E-state index contributed by atoms with van der Waals surface area (Å²) in [7, 11) is 0. The number of nitrogens with zero attached hydrogens (tertiary/aromatic N) is 1. The van der Waals surface area contributed by atoms with E-state index in [2.05, 4.69) is 15.6 Å². The number of aromatic nitrogens is 1. The molecule has 0 saturated carbocycles. The first kappa shape index (κ1) is 13.6. The SMILES string of the molecule is CCOc1ncccc1NC(=O)NC[C@H]1CCCO1. The molecule has 6 heteroatoms. The Morgan fingerprint density at radius 3 is 3.26 bits per heavy atom. The minimum Gasteiger partial charge on any atom is -0.476 e. The number of nitrogens with one attached hydrogen (secondary N) is 2. The van der Waals surface area contributed by atoms with Gasteiger partial charge in [-0.05, 0) is 31.9 Å². The van der Waals surface area contributed by atoms with Gasteiger partial charge in [0.15, 0.2) is 0 Å². The van der Waals surface area contributed by atoms with Crippen LogP contribution in [0.3, 0.4) is 0 Å². The lowest BCUT2D eigenvalue weighted by atomic mass is 10.2. The van der Waals surface area contributed by atoms with E-state index in [-0.39, 0.29) is 12.1 Å². The van der Waals surface area contributed by atoms with Crippen LogP contribution in [0, 0.1) is 0 Å². The molecule has 104 valence electrons. The van der Waals surface area contributed by atoms with Gasteiger partial charge in [-0.25, -0.2) is 9.78 Å². The number of hydrogen-bond acceptors (Lipinski definition) is 4. The van der Waals surface area contributed by atoms with Crippen molar-refractivity contribution in [2.45, 2.75) is 25.9 Å². The van der Waals surface area contributed by atoms with Gasteiger partial charge in [0, 0.05) is 19.3 Å². The van der Waals surface area contributed by atoms with Gasteiger partial charge < -0.3 is 20.1 Å². The van der Waals surface area contributed by atoms with Crippen LogP contribution in [-0.4, -0.2) is 36.9 Å². The minimum absolute atomic E-state index is 0.131. The fourth-order valence-corrected chi connectivity index (χ4v) is 1.92. The number of rotatable bonds is 5. The van der Waals surface area contributed by atoms with Crippen molar-refractivity contribution in [2.75, 3.05) is 25.1 Å². The molecule has 0 unspecified atom stereocenters. The molecule has 1 fully saturated rings. The van der Waals surface area contributed by atoms with Crippen LogP contribution in [0.5, 0.6) is 5.88 Å². The average molecular weight is 265 g/mol. The number of carbonyl (C=O) groups excluding carboxylic acids is 1.